The molecule has 2 aliphatic heterocycles. The number of benzene rings is 2. The lowest BCUT2D eigenvalue weighted by Gasteiger charge is -2.39. The quantitative estimate of drug-likeness (QED) is 0.669. The standard InChI is InChI=1S/C21H16ClN3OS/c22-15-7-9-16(10-8-15)25-21(13-18(24-25)19-6-3-11-27-19)12-14-4-1-2-5-17(14)23-20(21)26/h1-11H,12-13H2,(H,23,26). The van der Waals surface area contributed by atoms with Crippen LogP contribution >= 0.6 is 22.9 Å². The molecule has 4 nitrogen and oxygen atoms in total. The number of nitrogens with zero attached hydrogens (tertiary/aromatic N) is 2. The van der Waals surface area contributed by atoms with E-state index < -0.39 is 5.54 Å². The molecule has 0 bridgehead atoms. The second-order valence-corrected chi connectivity index (χ2v) is 8.19. The Morgan fingerprint density at radius 3 is 2.63 bits per heavy atom. The number of hydrogen-bond donors (Lipinski definition) is 1. The van der Waals surface area contributed by atoms with Crippen LogP contribution in [0.15, 0.2) is 71.1 Å². The van der Waals surface area contributed by atoms with Gasteiger partial charge in [0.05, 0.1) is 16.3 Å². The molecule has 1 N–H and O–H groups in total. The SMILES string of the molecule is O=C1Nc2ccccc2CC12CC(c1cccs1)=NN2c1ccc(Cl)cc1. The van der Waals surface area contributed by atoms with Gasteiger partial charge < -0.3 is 5.32 Å². The molecule has 1 amide bonds. The number of carbonyl (C=O) groups is 1. The van der Waals surface area contributed by atoms with Crippen LogP contribution in [0.3, 0.4) is 0 Å². The maximum atomic E-state index is 13.3. The van der Waals surface area contributed by atoms with E-state index in [4.69, 9.17) is 16.7 Å². The van der Waals surface area contributed by atoms with E-state index in [1.165, 1.54) is 0 Å². The van der Waals surface area contributed by atoms with Crippen LogP contribution in [0.25, 0.3) is 0 Å². The smallest absolute Gasteiger partial charge is 0.253 e. The molecule has 1 unspecified atom stereocenters. The van der Waals surface area contributed by atoms with Crippen molar-refractivity contribution in [2.75, 3.05) is 10.3 Å². The lowest BCUT2D eigenvalue weighted by molar-refractivity contribution is -0.121. The number of anilines is 2. The minimum Gasteiger partial charge on any atom is -0.324 e. The van der Waals surface area contributed by atoms with Gasteiger partial charge in [0, 0.05) is 23.6 Å². The predicted molar refractivity (Wildman–Crippen MR) is 111 cm³/mol. The van der Waals surface area contributed by atoms with Crippen molar-refractivity contribution in [2.24, 2.45) is 5.10 Å². The van der Waals surface area contributed by atoms with Crippen molar-refractivity contribution < 1.29 is 4.79 Å². The van der Waals surface area contributed by atoms with Gasteiger partial charge in [0.1, 0.15) is 0 Å². The number of nitrogens with one attached hydrogen (secondary N) is 1. The van der Waals surface area contributed by atoms with Crippen LogP contribution in [0.4, 0.5) is 11.4 Å². The molecule has 0 fully saturated rings. The Labute approximate surface area is 166 Å². The third kappa shape index (κ3) is 2.66. The first kappa shape index (κ1) is 16.5. The zero-order valence-electron chi connectivity index (χ0n) is 14.4. The molecule has 27 heavy (non-hydrogen) atoms. The van der Waals surface area contributed by atoms with Crippen molar-refractivity contribution >= 4 is 45.9 Å². The molecular formula is C21H16ClN3OS. The van der Waals surface area contributed by atoms with Crippen molar-refractivity contribution in [3.63, 3.8) is 0 Å². The van der Waals surface area contributed by atoms with Gasteiger partial charge in [0.2, 0.25) is 0 Å². The van der Waals surface area contributed by atoms with Crippen LogP contribution in [-0.4, -0.2) is 17.2 Å². The van der Waals surface area contributed by atoms with Crippen LogP contribution in [0.5, 0.6) is 0 Å². The van der Waals surface area contributed by atoms with Crippen molar-refractivity contribution in [1.82, 2.24) is 0 Å². The monoisotopic (exact) mass is 393 g/mol. The summed E-state index contributed by atoms with van der Waals surface area (Å²) in [5.41, 5.74) is 3.03. The van der Waals surface area contributed by atoms with Gasteiger partial charge in [-0.2, -0.15) is 5.10 Å². The van der Waals surface area contributed by atoms with Crippen molar-refractivity contribution in [3.05, 3.63) is 81.5 Å². The van der Waals surface area contributed by atoms with E-state index in [1.54, 1.807) is 11.3 Å². The molecule has 1 atom stereocenters. The maximum absolute atomic E-state index is 13.3. The van der Waals surface area contributed by atoms with Gasteiger partial charge in [0.25, 0.3) is 5.91 Å². The van der Waals surface area contributed by atoms with E-state index >= 15 is 0 Å². The fourth-order valence-corrected chi connectivity index (χ4v) is 4.65. The minimum absolute atomic E-state index is 0.0218. The largest absolute Gasteiger partial charge is 0.324 e. The van der Waals surface area contributed by atoms with Gasteiger partial charge in [-0.15, -0.1) is 11.3 Å². The Hall–Kier alpha value is -2.63. The molecule has 3 heterocycles. The van der Waals surface area contributed by atoms with Gasteiger partial charge >= 0.3 is 0 Å². The molecule has 134 valence electrons. The summed E-state index contributed by atoms with van der Waals surface area (Å²) in [4.78, 5) is 14.4. The zero-order valence-corrected chi connectivity index (χ0v) is 15.9. The molecule has 3 aromatic rings. The number of hydrazone groups is 1. The first-order valence-electron chi connectivity index (χ1n) is 8.72. The highest BCUT2D eigenvalue weighted by Crippen LogP contribution is 2.42. The minimum atomic E-state index is -0.776. The van der Waals surface area contributed by atoms with Crippen LogP contribution < -0.4 is 10.3 Å². The summed E-state index contributed by atoms with van der Waals surface area (Å²) < 4.78 is 0. The first-order chi connectivity index (χ1) is 13.2. The van der Waals surface area contributed by atoms with Crippen LogP contribution in [0.1, 0.15) is 16.9 Å². The highest BCUT2D eigenvalue weighted by molar-refractivity contribution is 7.12. The normalized spacial score (nSPS) is 21.1. The predicted octanol–water partition coefficient (Wildman–Crippen LogP) is 4.95. The average molecular weight is 394 g/mol. The highest BCUT2D eigenvalue weighted by Gasteiger charge is 2.52. The number of carbonyl (C=O) groups excluding carboxylic acids is 1. The zero-order chi connectivity index (χ0) is 18.4. The van der Waals surface area contributed by atoms with Gasteiger partial charge in [-0.25, -0.2) is 5.01 Å². The van der Waals surface area contributed by atoms with Gasteiger partial charge in [-0.1, -0.05) is 35.9 Å². The third-order valence-electron chi connectivity index (χ3n) is 5.13. The van der Waals surface area contributed by atoms with Crippen molar-refractivity contribution in [1.29, 1.82) is 0 Å². The summed E-state index contributed by atoms with van der Waals surface area (Å²) in [6.07, 6.45) is 1.17. The summed E-state index contributed by atoms with van der Waals surface area (Å²) in [7, 11) is 0. The van der Waals surface area contributed by atoms with E-state index in [0.29, 0.717) is 17.9 Å². The molecule has 0 saturated heterocycles. The summed E-state index contributed by atoms with van der Waals surface area (Å²) in [5, 5.41) is 12.6. The summed E-state index contributed by atoms with van der Waals surface area (Å²) in [6, 6.07) is 19.5. The van der Waals surface area contributed by atoms with E-state index in [1.807, 2.05) is 58.9 Å². The summed E-state index contributed by atoms with van der Waals surface area (Å²) in [6.45, 7) is 0. The molecule has 0 radical (unpaired) electrons. The molecular weight excluding hydrogens is 378 g/mol. The number of para-hydroxylation sites is 1. The first-order valence-corrected chi connectivity index (χ1v) is 9.98. The Balaban J connectivity index is 1.64. The number of amides is 1. The molecule has 2 aliphatic rings. The number of thiophene rings is 1. The molecule has 1 aromatic heterocycles. The lowest BCUT2D eigenvalue weighted by Crippen LogP contribution is -2.56. The van der Waals surface area contributed by atoms with Gasteiger partial charge in [0.15, 0.2) is 5.54 Å². The van der Waals surface area contributed by atoms with Crippen LogP contribution in [0, 0.1) is 0 Å². The van der Waals surface area contributed by atoms with Gasteiger partial charge in [-0.05, 0) is 47.3 Å². The number of rotatable bonds is 2. The van der Waals surface area contributed by atoms with Gasteiger partial charge in [-0.3, -0.25) is 4.79 Å². The Morgan fingerprint density at radius 1 is 1.04 bits per heavy atom. The Kier molecular flexibility index (Phi) is 3.81. The second-order valence-electron chi connectivity index (χ2n) is 6.81. The molecule has 6 heteroatoms. The third-order valence-corrected chi connectivity index (χ3v) is 6.30. The van der Waals surface area contributed by atoms with E-state index in [2.05, 4.69) is 17.4 Å². The second kappa shape index (κ2) is 6.22. The fraction of sp³-hybridized carbons (Fsp3) is 0.143. The summed E-state index contributed by atoms with van der Waals surface area (Å²) >= 11 is 7.71. The van der Waals surface area contributed by atoms with Crippen LogP contribution in [-0.2, 0) is 11.2 Å². The maximum Gasteiger partial charge on any atom is 0.253 e. The van der Waals surface area contributed by atoms with E-state index in [-0.39, 0.29) is 5.91 Å². The average Bonchev–Trinajstić information content (AvgIpc) is 3.32. The van der Waals surface area contributed by atoms with E-state index in [0.717, 1.165) is 27.5 Å². The molecule has 1 spiro atoms. The van der Waals surface area contributed by atoms with Crippen LogP contribution in [0.2, 0.25) is 5.02 Å². The number of fused-ring (bicyclic) bond motifs is 1. The molecule has 2 aromatic carbocycles. The Morgan fingerprint density at radius 2 is 1.85 bits per heavy atom. The molecule has 0 saturated carbocycles. The van der Waals surface area contributed by atoms with Crippen molar-refractivity contribution in [3.8, 4) is 0 Å². The van der Waals surface area contributed by atoms with Crippen molar-refractivity contribution in [2.45, 2.75) is 18.4 Å². The summed E-state index contributed by atoms with van der Waals surface area (Å²) in [5.74, 6) is -0.0218. The van der Waals surface area contributed by atoms with E-state index in [9.17, 15) is 4.79 Å². The number of halogens is 1. The number of hydrogen-bond acceptors (Lipinski definition) is 4. The Bertz CT molecular complexity index is 1050. The molecule has 0 aliphatic carbocycles. The topological polar surface area (TPSA) is 44.7 Å². The molecule has 5 rings (SSSR count). The lowest BCUT2D eigenvalue weighted by atomic mass is 9.81. The highest BCUT2D eigenvalue weighted by atomic mass is 35.5. The fourth-order valence-electron chi connectivity index (χ4n) is 3.81.